The van der Waals surface area contributed by atoms with Crippen molar-refractivity contribution < 1.29 is 14.3 Å². The number of carbonyl (C=O) groups is 2. The van der Waals surface area contributed by atoms with Gasteiger partial charge in [0, 0.05) is 17.7 Å². The number of hydrogen-bond donors (Lipinski definition) is 1. The van der Waals surface area contributed by atoms with Crippen molar-refractivity contribution in [2.75, 3.05) is 6.54 Å². The number of Topliss-reactive ketones (excluding diaryl/α,β-unsaturated/α-hetero) is 1. The summed E-state index contributed by atoms with van der Waals surface area (Å²) in [6, 6.07) is 18.0. The Hall–Kier alpha value is -2.62. The summed E-state index contributed by atoms with van der Waals surface area (Å²) in [7, 11) is 0. The summed E-state index contributed by atoms with van der Waals surface area (Å²) in [5.41, 5.74) is 1.18. The molecule has 1 N–H and O–H groups in total. The standard InChI is InChI=1S/C20H23NO3/c1-2-3-10-15-21-20(23)24-19(17-13-8-5-9-14-17)18(22)16-11-6-4-7-12-16/h4-9,11-14,19H,2-3,10,15H2,1H3,(H,21,23). The van der Waals surface area contributed by atoms with Crippen LogP contribution in [0.3, 0.4) is 0 Å². The molecule has 1 amide bonds. The fourth-order valence-corrected chi connectivity index (χ4v) is 2.37. The molecule has 1 unspecified atom stereocenters. The molecule has 4 nitrogen and oxygen atoms in total. The molecule has 2 aromatic rings. The van der Waals surface area contributed by atoms with Gasteiger partial charge < -0.3 is 10.1 Å². The molecule has 0 spiro atoms. The van der Waals surface area contributed by atoms with Gasteiger partial charge in [-0.25, -0.2) is 4.79 Å². The number of hydrogen-bond acceptors (Lipinski definition) is 3. The molecule has 126 valence electrons. The first-order chi connectivity index (χ1) is 11.7. The smallest absolute Gasteiger partial charge is 0.408 e. The Labute approximate surface area is 142 Å². The summed E-state index contributed by atoms with van der Waals surface area (Å²) < 4.78 is 5.43. The molecule has 0 heterocycles. The number of ketones is 1. The monoisotopic (exact) mass is 325 g/mol. The van der Waals surface area contributed by atoms with E-state index in [1.54, 1.807) is 36.4 Å². The Bertz CT molecular complexity index is 640. The van der Waals surface area contributed by atoms with Gasteiger partial charge in [0.15, 0.2) is 6.10 Å². The molecule has 1 atom stereocenters. The maximum absolute atomic E-state index is 12.8. The third kappa shape index (κ3) is 5.23. The van der Waals surface area contributed by atoms with Crippen molar-refractivity contribution in [2.24, 2.45) is 0 Å². The van der Waals surface area contributed by atoms with Gasteiger partial charge in [0.1, 0.15) is 0 Å². The van der Waals surface area contributed by atoms with Crippen molar-refractivity contribution in [1.29, 1.82) is 0 Å². The number of alkyl carbamates (subject to hydrolysis) is 1. The molecule has 0 fully saturated rings. The molecule has 0 saturated carbocycles. The minimum atomic E-state index is -0.945. The van der Waals surface area contributed by atoms with Crippen LogP contribution in [0.2, 0.25) is 0 Å². The summed E-state index contributed by atoms with van der Waals surface area (Å²) in [6.45, 7) is 2.65. The number of ether oxygens (including phenoxy) is 1. The predicted octanol–water partition coefficient (Wildman–Crippen LogP) is 4.53. The van der Waals surface area contributed by atoms with Crippen molar-refractivity contribution >= 4 is 11.9 Å². The first-order valence-electron chi connectivity index (χ1n) is 8.31. The van der Waals surface area contributed by atoms with Gasteiger partial charge in [-0.05, 0) is 6.42 Å². The Morgan fingerprint density at radius 3 is 2.21 bits per heavy atom. The molecule has 0 aliphatic rings. The molecule has 0 aliphatic carbocycles. The average molecular weight is 325 g/mol. The zero-order valence-electron chi connectivity index (χ0n) is 13.9. The first-order valence-corrected chi connectivity index (χ1v) is 8.31. The third-order valence-electron chi connectivity index (χ3n) is 3.67. The lowest BCUT2D eigenvalue weighted by Gasteiger charge is -2.18. The van der Waals surface area contributed by atoms with Crippen LogP contribution in [-0.4, -0.2) is 18.4 Å². The quantitative estimate of drug-likeness (QED) is 0.573. The summed E-state index contributed by atoms with van der Waals surface area (Å²) in [6.07, 6.45) is 1.51. The third-order valence-corrected chi connectivity index (χ3v) is 3.67. The SMILES string of the molecule is CCCCCNC(=O)OC(C(=O)c1ccccc1)c1ccccc1. The summed E-state index contributed by atoms with van der Waals surface area (Å²) >= 11 is 0. The molecule has 0 aromatic heterocycles. The Balaban J connectivity index is 2.09. The fourth-order valence-electron chi connectivity index (χ4n) is 2.37. The molecular weight excluding hydrogens is 302 g/mol. The second-order valence-corrected chi connectivity index (χ2v) is 5.56. The van der Waals surface area contributed by atoms with Gasteiger partial charge >= 0.3 is 6.09 Å². The minimum Gasteiger partial charge on any atom is -0.433 e. The Kier molecular flexibility index (Phi) is 7.02. The highest BCUT2D eigenvalue weighted by molar-refractivity contribution is 6.00. The minimum absolute atomic E-state index is 0.231. The maximum Gasteiger partial charge on any atom is 0.408 e. The average Bonchev–Trinajstić information content (AvgIpc) is 2.64. The lowest BCUT2D eigenvalue weighted by molar-refractivity contribution is 0.0628. The number of carbonyl (C=O) groups excluding carboxylic acids is 2. The fraction of sp³-hybridized carbons (Fsp3) is 0.300. The van der Waals surface area contributed by atoms with E-state index in [2.05, 4.69) is 12.2 Å². The highest BCUT2D eigenvalue weighted by Gasteiger charge is 2.25. The van der Waals surface area contributed by atoms with Crippen molar-refractivity contribution in [2.45, 2.75) is 32.3 Å². The van der Waals surface area contributed by atoms with Gasteiger partial charge in [0.2, 0.25) is 5.78 Å². The van der Waals surface area contributed by atoms with Crippen LogP contribution < -0.4 is 5.32 Å². The van der Waals surface area contributed by atoms with E-state index in [-0.39, 0.29) is 5.78 Å². The Morgan fingerprint density at radius 1 is 0.958 bits per heavy atom. The molecule has 24 heavy (non-hydrogen) atoms. The highest BCUT2D eigenvalue weighted by atomic mass is 16.6. The second-order valence-electron chi connectivity index (χ2n) is 5.56. The van der Waals surface area contributed by atoms with E-state index in [1.165, 1.54) is 0 Å². The van der Waals surface area contributed by atoms with E-state index in [1.807, 2.05) is 24.3 Å². The van der Waals surface area contributed by atoms with Crippen molar-refractivity contribution in [3.05, 3.63) is 71.8 Å². The predicted molar refractivity (Wildman–Crippen MR) is 94.0 cm³/mol. The van der Waals surface area contributed by atoms with Crippen LogP contribution in [0.25, 0.3) is 0 Å². The van der Waals surface area contributed by atoms with Crippen LogP contribution in [0.1, 0.15) is 48.2 Å². The zero-order valence-corrected chi connectivity index (χ0v) is 13.9. The van der Waals surface area contributed by atoms with Crippen LogP contribution in [-0.2, 0) is 4.74 Å². The summed E-state index contributed by atoms with van der Waals surface area (Å²) in [5, 5.41) is 2.71. The van der Waals surface area contributed by atoms with E-state index in [0.29, 0.717) is 17.7 Å². The van der Waals surface area contributed by atoms with Crippen molar-refractivity contribution in [3.63, 3.8) is 0 Å². The summed E-state index contributed by atoms with van der Waals surface area (Å²) in [5.74, 6) is -0.231. The zero-order chi connectivity index (χ0) is 17.2. The molecule has 0 aliphatic heterocycles. The number of benzene rings is 2. The molecule has 0 saturated heterocycles. The van der Waals surface area contributed by atoms with Crippen LogP contribution in [0.15, 0.2) is 60.7 Å². The number of unbranched alkanes of at least 4 members (excludes halogenated alkanes) is 2. The van der Waals surface area contributed by atoms with E-state index >= 15 is 0 Å². The summed E-state index contributed by atoms with van der Waals surface area (Å²) in [4.78, 5) is 24.8. The lowest BCUT2D eigenvalue weighted by Crippen LogP contribution is -2.29. The molecular formula is C20H23NO3. The van der Waals surface area contributed by atoms with E-state index in [9.17, 15) is 9.59 Å². The number of rotatable bonds is 8. The Morgan fingerprint density at radius 2 is 1.58 bits per heavy atom. The molecule has 2 aromatic carbocycles. The highest BCUT2D eigenvalue weighted by Crippen LogP contribution is 2.22. The molecule has 0 radical (unpaired) electrons. The molecule has 4 heteroatoms. The van der Waals surface area contributed by atoms with Gasteiger partial charge in [-0.1, -0.05) is 80.4 Å². The largest absolute Gasteiger partial charge is 0.433 e. The van der Waals surface area contributed by atoms with Crippen LogP contribution in [0.4, 0.5) is 4.79 Å². The van der Waals surface area contributed by atoms with E-state index in [0.717, 1.165) is 19.3 Å². The van der Waals surface area contributed by atoms with Gasteiger partial charge in [0.25, 0.3) is 0 Å². The second kappa shape index (κ2) is 9.50. The molecule has 0 bridgehead atoms. The number of amides is 1. The lowest BCUT2D eigenvalue weighted by atomic mass is 10.00. The molecule has 2 rings (SSSR count). The van der Waals surface area contributed by atoms with Gasteiger partial charge in [-0.2, -0.15) is 0 Å². The van der Waals surface area contributed by atoms with Crippen molar-refractivity contribution in [3.8, 4) is 0 Å². The van der Waals surface area contributed by atoms with E-state index in [4.69, 9.17) is 4.74 Å². The number of nitrogens with one attached hydrogen (secondary N) is 1. The van der Waals surface area contributed by atoms with Crippen LogP contribution in [0, 0.1) is 0 Å². The van der Waals surface area contributed by atoms with Gasteiger partial charge in [-0.15, -0.1) is 0 Å². The maximum atomic E-state index is 12.8. The van der Waals surface area contributed by atoms with Crippen LogP contribution >= 0.6 is 0 Å². The van der Waals surface area contributed by atoms with Crippen molar-refractivity contribution in [1.82, 2.24) is 5.32 Å². The first kappa shape index (κ1) is 17.7. The van der Waals surface area contributed by atoms with Crippen LogP contribution in [0.5, 0.6) is 0 Å². The van der Waals surface area contributed by atoms with E-state index < -0.39 is 12.2 Å². The topological polar surface area (TPSA) is 55.4 Å². The van der Waals surface area contributed by atoms with Gasteiger partial charge in [-0.3, -0.25) is 4.79 Å². The normalized spacial score (nSPS) is 11.5. The van der Waals surface area contributed by atoms with Gasteiger partial charge in [0.05, 0.1) is 0 Å².